The van der Waals surface area contributed by atoms with Gasteiger partial charge in [0.15, 0.2) is 0 Å². The SMILES string of the molecule is CC12CC(=O)C3C(CCC4CCCCC43C)C1CC/C2=C\N. The monoisotopic (exact) mass is 301 g/mol. The number of ketones is 1. The van der Waals surface area contributed by atoms with Crippen molar-refractivity contribution in [3.63, 3.8) is 0 Å². The lowest BCUT2D eigenvalue weighted by Gasteiger charge is -2.59. The Labute approximate surface area is 134 Å². The Bertz CT molecular complexity index is 524. The second kappa shape index (κ2) is 4.85. The van der Waals surface area contributed by atoms with Gasteiger partial charge in [0, 0.05) is 17.8 Å². The van der Waals surface area contributed by atoms with E-state index in [2.05, 4.69) is 13.8 Å². The highest BCUT2D eigenvalue weighted by Gasteiger charge is 2.61. The molecular formula is C20H31NO. The smallest absolute Gasteiger partial charge is 0.137 e. The van der Waals surface area contributed by atoms with Crippen molar-refractivity contribution in [3.05, 3.63) is 11.8 Å². The van der Waals surface area contributed by atoms with Gasteiger partial charge in [-0.2, -0.15) is 0 Å². The maximum Gasteiger partial charge on any atom is 0.137 e. The van der Waals surface area contributed by atoms with Crippen molar-refractivity contribution in [1.82, 2.24) is 0 Å². The highest BCUT2D eigenvalue weighted by molar-refractivity contribution is 5.85. The molecule has 0 aromatic carbocycles. The van der Waals surface area contributed by atoms with Crippen molar-refractivity contribution in [2.75, 3.05) is 0 Å². The number of fused-ring (bicyclic) bond motifs is 5. The summed E-state index contributed by atoms with van der Waals surface area (Å²) in [5.74, 6) is 3.05. The third-order valence-electron chi connectivity index (χ3n) is 8.32. The van der Waals surface area contributed by atoms with Gasteiger partial charge in [-0.1, -0.05) is 26.7 Å². The lowest BCUT2D eigenvalue weighted by atomic mass is 9.45. The van der Waals surface area contributed by atoms with Gasteiger partial charge in [-0.15, -0.1) is 0 Å². The van der Waals surface area contributed by atoms with Crippen LogP contribution < -0.4 is 5.73 Å². The van der Waals surface area contributed by atoms with E-state index in [1.807, 2.05) is 6.20 Å². The third-order valence-corrected chi connectivity index (χ3v) is 8.32. The zero-order valence-corrected chi connectivity index (χ0v) is 14.2. The Hall–Kier alpha value is -0.790. The van der Waals surface area contributed by atoms with Gasteiger partial charge in [0.1, 0.15) is 5.78 Å². The number of rotatable bonds is 0. The lowest BCUT2D eigenvalue weighted by molar-refractivity contribution is -0.153. The summed E-state index contributed by atoms with van der Waals surface area (Å²) in [6, 6.07) is 0. The Kier molecular flexibility index (Phi) is 3.26. The minimum absolute atomic E-state index is 0.0743. The molecule has 0 aromatic heterocycles. The van der Waals surface area contributed by atoms with Gasteiger partial charge in [-0.3, -0.25) is 4.79 Å². The standard InChI is InChI=1S/C20H31NO/c1-19-10-4-3-5-13(19)6-8-15-16-9-7-14(12-21)20(16,2)11-17(22)18(15)19/h12-13,15-16,18H,3-11,21H2,1-2H3/b14-12+. The van der Waals surface area contributed by atoms with Crippen LogP contribution in [0.1, 0.15) is 71.6 Å². The zero-order valence-electron chi connectivity index (χ0n) is 14.2. The quantitative estimate of drug-likeness (QED) is 0.718. The molecule has 4 rings (SSSR count). The molecule has 2 nitrogen and oxygen atoms in total. The summed E-state index contributed by atoms with van der Waals surface area (Å²) in [6.45, 7) is 4.79. The molecule has 2 heteroatoms. The third kappa shape index (κ3) is 1.76. The number of allylic oxidation sites excluding steroid dienone is 1. The van der Waals surface area contributed by atoms with E-state index in [0.29, 0.717) is 29.0 Å². The normalized spacial score (nSPS) is 53.0. The van der Waals surface area contributed by atoms with Crippen LogP contribution in [0.25, 0.3) is 0 Å². The Morgan fingerprint density at radius 3 is 2.73 bits per heavy atom. The van der Waals surface area contributed by atoms with Crippen molar-refractivity contribution in [1.29, 1.82) is 0 Å². The molecule has 0 aromatic rings. The molecule has 4 fully saturated rings. The fourth-order valence-electron chi connectivity index (χ4n) is 7.23. The number of Topliss-reactive ketones (excluding diaryl/α,β-unsaturated/α-hetero) is 1. The van der Waals surface area contributed by atoms with Crippen LogP contribution in [0, 0.1) is 34.5 Å². The van der Waals surface area contributed by atoms with Gasteiger partial charge in [0.2, 0.25) is 0 Å². The van der Waals surface area contributed by atoms with Crippen LogP contribution in [0.2, 0.25) is 0 Å². The average Bonchev–Trinajstić information content (AvgIpc) is 2.82. The minimum Gasteiger partial charge on any atom is -0.405 e. The van der Waals surface area contributed by atoms with Gasteiger partial charge in [-0.25, -0.2) is 0 Å². The van der Waals surface area contributed by atoms with Gasteiger partial charge in [-0.05, 0) is 73.5 Å². The molecule has 4 saturated carbocycles. The Morgan fingerprint density at radius 1 is 1.14 bits per heavy atom. The summed E-state index contributed by atoms with van der Waals surface area (Å²) in [6.07, 6.45) is 13.0. The minimum atomic E-state index is 0.0743. The molecule has 0 bridgehead atoms. The fraction of sp³-hybridized carbons (Fsp3) is 0.850. The van der Waals surface area contributed by atoms with Crippen molar-refractivity contribution in [2.24, 2.45) is 40.2 Å². The molecule has 0 aliphatic heterocycles. The summed E-state index contributed by atoms with van der Waals surface area (Å²) in [5, 5.41) is 0. The molecule has 22 heavy (non-hydrogen) atoms. The molecule has 6 atom stereocenters. The second-order valence-electron chi connectivity index (χ2n) is 9.07. The van der Waals surface area contributed by atoms with E-state index < -0.39 is 0 Å². The summed E-state index contributed by atoms with van der Waals surface area (Å²) < 4.78 is 0. The molecular weight excluding hydrogens is 270 g/mol. The zero-order chi connectivity index (χ0) is 15.5. The van der Waals surface area contributed by atoms with Gasteiger partial charge >= 0.3 is 0 Å². The highest BCUT2D eigenvalue weighted by atomic mass is 16.1. The molecule has 0 spiro atoms. The van der Waals surface area contributed by atoms with E-state index in [0.717, 1.165) is 18.8 Å². The lowest BCUT2D eigenvalue weighted by Crippen LogP contribution is -2.56. The Morgan fingerprint density at radius 2 is 1.95 bits per heavy atom. The topological polar surface area (TPSA) is 43.1 Å². The van der Waals surface area contributed by atoms with Crippen LogP contribution in [0.15, 0.2) is 11.8 Å². The molecule has 6 unspecified atom stereocenters. The van der Waals surface area contributed by atoms with E-state index >= 15 is 0 Å². The predicted octanol–water partition coefficient (Wildman–Crippen LogP) is 4.44. The predicted molar refractivity (Wildman–Crippen MR) is 89.0 cm³/mol. The molecule has 0 radical (unpaired) electrons. The first kappa shape index (κ1) is 14.8. The molecule has 122 valence electrons. The van der Waals surface area contributed by atoms with Crippen molar-refractivity contribution in [3.8, 4) is 0 Å². The summed E-state index contributed by atoms with van der Waals surface area (Å²) >= 11 is 0. The summed E-state index contributed by atoms with van der Waals surface area (Å²) in [5.41, 5.74) is 7.63. The van der Waals surface area contributed by atoms with E-state index in [4.69, 9.17) is 5.73 Å². The molecule has 4 aliphatic carbocycles. The number of carbonyl (C=O) groups excluding carboxylic acids is 1. The first-order chi connectivity index (χ1) is 10.5. The van der Waals surface area contributed by atoms with Gasteiger partial charge in [0.05, 0.1) is 0 Å². The maximum atomic E-state index is 13.2. The van der Waals surface area contributed by atoms with Gasteiger partial charge in [0.25, 0.3) is 0 Å². The van der Waals surface area contributed by atoms with E-state index in [1.54, 1.807) is 0 Å². The van der Waals surface area contributed by atoms with Crippen LogP contribution >= 0.6 is 0 Å². The first-order valence-corrected chi connectivity index (χ1v) is 9.44. The van der Waals surface area contributed by atoms with Crippen molar-refractivity contribution < 1.29 is 4.79 Å². The van der Waals surface area contributed by atoms with Crippen LogP contribution in [0.3, 0.4) is 0 Å². The maximum absolute atomic E-state index is 13.2. The number of carbonyl (C=O) groups is 1. The number of hydrogen-bond acceptors (Lipinski definition) is 2. The number of hydrogen-bond donors (Lipinski definition) is 1. The van der Waals surface area contributed by atoms with Crippen LogP contribution in [0.5, 0.6) is 0 Å². The Balaban J connectivity index is 1.73. The molecule has 4 aliphatic rings. The number of nitrogens with two attached hydrogens (primary N) is 1. The van der Waals surface area contributed by atoms with Crippen LogP contribution in [-0.4, -0.2) is 5.78 Å². The fourth-order valence-corrected chi connectivity index (χ4v) is 7.23. The second-order valence-corrected chi connectivity index (χ2v) is 9.07. The average molecular weight is 301 g/mol. The van der Waals surface area contributed by atoms with Crippen molar-refractivity contribution >= 4 is 5.78 Å². The van der Waals surface area contributed by atoms with Crippen LogP contribution in [0.4, 0.5) is 0 Å². The summed E-state index contributed by atoms with van der Waals surface area (Å²) in [4.78, 5) is 13.2. The first-order valence-electron chi connectivity index (χ1n) is 9.44. The van der Waals surface area contributed by atoms with Crippen LogP contribution in [-0.2, 0) is 4.79 Å². The van der Waals surface area contributed by atoms with E-state index in [9.17, 15) is 4.79 Å². The van der Waals surface area contributed by atoms with E-state index in [-0.39, 0.29) is 5.41 Å². The van der Waals surface area contributed by atoms with Gasteiger partial charge < -0.3 is 5.73 Å². The van der Waals surface area contributed by atoms with E-state index in [1.165, 1.54) is 50.5 Å². The summed E-state index contributed by atoms with van der Waals surface area (Å²) in [7, 11) is 0. The molecule has 0 amide bonds. The molecule has 2 N–H and O–H groups in total. The van der Waals surface area contributed by atoms with Crippen molar-refractivity contribution in [2.45, 2.75) is 71.6 Å². The highest BCUT2D eigenvalue weighted by Crippen LogP contribution is 2.66. The molecule has 0 heterocycles. The largest absolute Gasteiger partial charge is 0.405 e. The molecule has 0 saturated heterocycles.